The molecule has 2 aromatic rings. The molecule has 1 aromatic carbocycles. The van der Waals surface area contributed by atoms with Crippen LogP contribution in [0.5, 0.6) is 0 Å². The summed E-state index contributed by atoms with van der Waals surface area (Å²) in [5.74, 6) is -0.417. The minimum Gasteiger partial charge on any atom is -0.244 e. The minimum atomic E-state index is -3.65. The molecule has 0 N–H and O–H groups in total. The second-order valence-electron chi connectivity index (χ2n) is 4.68. The summed E-state index contributed by atoms with van der Waals surface area (Å²) in [5.41, 5.74) is 1.82. The highest BCUT2D eigenvalue weighted by molar-refractivity contribution is 7.89. The molecule has 0 spiro atoms. The van der Waals surface area contributed by atoms with E-state index in [9.17, 15) is 12.8 Å². The quantitative estimate of drug-likeness (QED) is 0.844. The third kappa shape index (κ3) is 2.08. The molecule has 0 amide bonds. The van der Waals surface area contributed by atoms with Gasteiger partial charge in [-0.1, -0.05) is 0 Å². The van der Waals surface area contributed by atoms with E-state index in [2.05, 4.69) is 9.97 Å². The molecule has 20 heavy (non-hydrogen) atoms. The Morgan fingerprint density at radius 1 is 1.30 bits per heavy atom. The lowest BCUT2D eigenvalue weighted by Crippen LogP contribution is -2.25. The average Bonchev–Trinajstić information content (AvgIpc) is 2.86. The van der Waals surface area contributed by atoms with Crippen molar-refractivity contribution in [2.45, 2.75) is 24.9 Å². The molecule has 0 unspecified atom stereocenters. The number of aromatic nitrogens is 2. The van der Waals surface area contributed by atoms with Crippen LogP contribution in [-0.4, -0.2) is 22.7 Å². The first-order valence-corrected chi connectivity index (χ1v) is 7.46. The van der Waals surface area contributed by atoms with Crippen molar-refractivity contribution in [1.82, 2.24) is 14.3 Å². The number of fused-ring (bicyclic) bond motifs is 1. The summed E-state index contributed by atoms with van der Waals surface area (Å²) < 4.78 is 39.6. The molecule has 5 nitrogen and oxygen atoms in total. The fourth-order valence-corrected chi connectivity index (χ4v) is 3.63. The highest BCUT2D eigenvalue weighted by Crippen LogP contribution is 2.27. The summed E-state index contributed by atoms with van der Waals surface area (Å²) in [7, 11) is -3.65. The Morgan fingerprint density at radius 2 is 2.10 bits per heavy atom. The van der Waals surface area contributed by atoms with Crippen LogP contribution in [0.2, 0.25) is 0 Å². The van der Waals surface area contributed by atoms with E-state index in [1.165, 1.54) is 28.8 Å². The number of sulfonamides is 1. The van der Waals surface area contributed by atoms with Crippen LogP contribution < -0.4 is 0 Å². The number of hydrogen-bond donors (Lipinski definition) is 0. The topological polar surface area (TPSA) is 63.2 Å². The molecule has 3 rings (SSSR count). The van der Waals surface area contributed by atoms with Crippen LogP contribution in [0.3, 0.4) is 0 Å². The van der Waals surface area contributed by atoms with Gasteiger partial charge in [-0.05, 0) is 30.7 Å². The van der Waals surface area contributed by atoms with Gasteiger partial charge in [-0.2, -0.15) is 4.31 Å². The van der Waals surface area contributed by atoms with Crippen molar-refractivity contribution >= 4 is 10.0 Å². The largest absolute Gasteiger partial charge is 0.244 e. The maximum absolute atomic E-state index is 13.3. The molecule has 1 aliphatic rings. The summed E-state index contributed by atoms with van der Waals surface area (Å²) >= 11 is 0. The van der Waals surface area contributed by atoms with Crippen LogP contribution >= 0.6 is 0 Å². The van der Waals surface area contributed by atoms with E-state index in [-0.39, 0.29) is 18.0 Å². The van der Waals surface area contributed by atoms with Crippen molar-refractivity contribution in [3.05, 3.63) is 53.4 Å². The molecule has 1 aromatic heterocycles. The summed E-state index contributed by atoms with van der Waals surface area (Å²) in [4.78, 5) is 8.05. The summed E-state index contributed by atoms with van der Waals surface area (Å²) in [5, 5.41) is 0. The Kier molecular flexibility index (Phi) is 3.02. The van der Waals surface area contributed by atoms with Gasteiger partial charge in [0, 0.05) is 18.3 Å². The minimum absolute atomic E-state index is 0.0946. The van der Waals surface area contributed by atoms with Gasteiger partial charge in [0.1, 0.15) is 12.1 Å². The molecule has 0 saturated heterocycles. The van der Waals surface area contributed by atoms with E-state index in [1.807, 2.05) is 0 Å². The number of hydrogen-bond acceptors (Lipinski definition) is 4. The van der Waals surface area contributed by atoms with Crippen LogP contribution in [0.25, 0.3) is 0 Å². The Morgan fingerprint density at radius 3 is 2.80 bits per heavy atom. The third-order valence-corrected chi connectivity index (χ3v) is 5.11. The van der Waals surface area contributed by atoms with E-state index < -0.39 is 15.8 Å². The second-order valence-corrected chi connectivity index (χ2v) is 6.62. The lowest BCUT2D eigenvalue weighted by Gasteiger charge is -2.15. The van der Waals surface area contributed by atoms with Gasteiger partial charge >= 0.3 is 0 Å². The fraction of sp³-hybridized carbons (Fsp3) is 0.231. The second kappa shape index (κ2) is 4.60. The third-order valence-electron chi connectivity index (χ3n) is 3.32. The molecule has 2 heterocycles. The monoisotopic (exact) mass is 293 g/mol. The smallest absolute Gasteiger partial charge is 0.243 e. The molecule has 0 bridgehead atoms. The van der Waals surface area contributed by atoms with Gasteiger partial charge in [-0.25, -0.2) is 22.8 Å². The maximum atomic E-state index is 13.3. The van der Waals surface area contributed by atoms with Crippen LogP contribution in [0, 0.1) is 12.7 Å². The number of nitrogens with zero attached hydrogens (tertiary/aromatic N) is 3. The van der Waals surface area contributed by atoms with Crippen molar-refractivity contribution in [2.75, 3.05) is 0 Å². The lowest BCUT2D eigenvalue weighted by molar-refractivity contribution is 0.429. The average molecular weight is 293 g/mol. The van der Waals surface area contributed by atoms with Crippen LogP contribution in [0.1, 0.15) is 16.8 Å². The SMILES string of the molecule is Cc1cc(S(=O)(=O)N2Cc3cncnc3C2)ccc1F. The fourth-order valence-electron chi connectivity index (χ4n) is 2.17. The van der Waals surface area contributed by atoms with E-state index in [1.54, 1.807) is 13.1 Å². The zero-order valence-corrected chi connectivity index (χ0v) is 11.6. The summed E-state index contributed by atoms with van der Waals surface area (Å²) in [6.07, 6.45) is 3.02. The molecule has 0 saturated carbocycles. The Balaban J connectivity index is 1.96. The summed E-state index contributed by atoms with van der Waals surface area (Å²) in [6, 6.07) is 3.80. The van der Waals surface area contributed by atoms with Gasteiger partial charge in [0.25, 0.3) is 0 Å². The van der Waals surface area contributed by atoms with E-state index in [0.29, 0.717) is 11.3 Å². The molecular formula is C13H12FN3O2S. The number of aryl methyl sites for hydroxylation is 1. The van der Waals surface area contributed by atoms with Gasteiger partial charge in [-0.3, -0.25) is 0 Å². The normalized spacial score (nSPS) is 15.3. The molecular weight excluding hydrogens is 281 g/mol. The number of halogens is 1. The molecule has 0 fully saturated rings. The maximum Gasteiger partial charge on any atom is 0.243 e. The van der Waals surface area contributed by atoms with E-state index >= 15 is 0 Å². The van der Waals surface area contributed by atoms with Crippen molar-refractivity contribution in [1.29, 1.82) is 0 Å². The Labute approximate surface area is 116 Å². The van der Waals surface area contributed by atoms with Crippen molar-refractivity contribution in [2.24, 2.45) is 0 Å². The predicted octanol–water partition coefficient (Wildman–Crippen LogP) is 1.63. The van der Waals surface area contributed by atoms with Crippen molar-refractivity contribution < 1.29 is 12.8 Å². The van der Waals surface area contributed by atoms with Crippen LogP contribution in [-0.2, 0) is 23.1 Å². The first-order valence-electron chi connectivity index (χ1n) is 6.02. The highest BCUT2D eigenvalue weighted by Gasteiger charge is 2.31. The van der Waals surface area contributed by atoms with E-state index in [4.69, 9.17) is 0 Å². The Bertz CT molecular complexity index is 752. The van der Waals surface area contributed by atoms with Crippen LogP contribution in [0.15, 0.2) is 35.6 Å². The van der Waals surface area contributed by atoms with E-state index in [0.717, 1.165) is 5.56 Å². The molecule has 0 radical (unpaired) electrons. The predicted molar refractivity (Wildman–Crippen MR) is 69.6 cm³/mol. The first-order chi connectivity index (χ1) is 9.48. The van der Waals surface area contributed by atoms with Gasteiger partial charge in [0.15, 0.2) is 0 Å². The summed E-state index contributed by atoms with van der Waals surface area (Å²) in [6.45, 7) is 2.00. The molecule has 0 atom stereocenters. The van der Waals surface area contributed by atoms with Gasteiger partial charge in [-0.15, -0.1) is 0 Å². The van der Waals surface area contributed by atoms with Gasteiger partial charge in [0.05, 0.1) is 17.1 Å². The van der Waals surface area contributed by atoms with Crippen LogP contribution in [0.4, 0.5) is 4.39 Å². The molecule has 1 aliphatic heterocycles. The molecule has 0 aliphatic carbocycles. The first kappa shape index (κ1) is 13.1. The lowest BCUT2D eigenvalue weighted by atomic mass is 10.2. The Hall–Kier alpha value is -1.86. The van der Waals surface area contributed by atoms with Gasteiger partial charge in [0.2, 0.25) is 10.0 Å². The van der Waals surface area contributed by atoms with Crippen molar-refractivity contribution in [3.63, 3.8) is 0 Å². The molecule has 104 valence electrons. The molecule has 7 heteroatoms. The number of rotatable bonds is 2. The highest BCUT2D eigenvalue weighted by atomic mass is 32.2. The standard InChI is InChI=1S/C13H12FN3O2S/c1-9-4-11(2-3-12(9)14)20(18,19)17-6-10-5-15-8-16-13(10)7-17/h2-5,8H,6-7H2,1H3. The number of benzene rings is 1. The van der Waals surface area contributed by atoms with Gasteiger partial charge < -0.3 is 0 Å². The zero-order chi connectivity index (χ0) is 14.3. The zero-order valence-electron chi connectivity index (χ0n) is 10.7. The van der Waals surface area contributed by atoms with Crippen molar-refractivity contribution in [3.8, 4) is 0 Å².